The van der Waals surface area contributed by atoms with Gasteiger partial charge in [0.1, 0.15) is 0 Å². The van der Waals surface area contributed by atoms with Crippen LogP contribution in [0.25, 0.3) is 0 Å². The minimum Gasteiger partial charge on any atom is -0.339 e. The van der Waals surface area contributed by atoms with Crippen LogP contribution in [0.4, 0.5) is 0 Å². The Balaban J connectivity index is 1.54. The summed E-state index contributed by atoms with van der Waals surface area (Å²) in [6.07, 6.45) is 5.27. The maximum absolute atomic E-state index is 13.2. The van der Waals surface area contributed by atoms with Gasteiger partial charge in [-0.25, -0.2) is 8.42 Å². The lowest BCUT2D eigenvalue weighted by molar-refractivity contribution is 0.0651. The predicted molar refractivity (Wildman–Crippen MR) is 99.6 cm³/mol. The van der Waals surface area contributed by atoms with Crippen molar-refractivity contribution in [3.63, 3.8) is 0 Å². The van der Waals surface area contributed by atoms with Crippen LogP contribution in [0, 0.1) is 0 Å². The lowest BCUT2D eigenvalue weighted by atomic mass is 10.1. The van der Waals surface area contributed by atoms with Gasteiger partial charge >= 0.3 is 0 Å². The first-order valence-corrected chi connectivity index (χ1v) is 11.1. The lowest BCUT2D eigenvalue weighted by Gasteiger charge is -2.31. The molecule has 3 fully saturated rings. The van der Waals surface area contributed by atoms with Gasteiger partial charge in [0.15, 0.2) is 0 Å². The Kier molecular flexibility index (Phi) is 5.03. The van der Waals surface area contributed by atoms with Gasteiger partial charge in [0.2, 0.25) is 10.0 Å². The van der Waals surface area contributed by atoms with Gasteiger partial charge in [-0.2, -0.15) is 4.31 Å². The van der Waals surface area contributed by atoms with Crippen molar-refractivity contribution in [2.75, 3.05) is 39.3 Å². The molecule has 3 heterocycles. The number of amides is 1. The predicted octanol–water partition coefficient (Wildman–Crippen LogP) is 1.78. The van der Waals surface area contributed by atoms with E-state index >= 15 is 0 Å². The SMILES string of the molecule is O=C(c1cccc(S(=O)(=O)N2CCCC2CN2CCCC2)c1)N1CCC1. The van der Waals surface area contributed by atoms with Crippen LogP contribution < -0.4 is 0 Å². The zero-order valence-corrected chi connectivity index (χ0v) is 16.0. The molecule has 3 aliphatic heterocycles. The van der Waals surface area contributed by atoms with E-state index in [0.717, 1.165) is 52.0 Å². The molecule has 1 amide bonds. The first-order chi connectivity index (χ1) is 12.6. The van der Waals surface area contributed by atoms with Crippen LogP contribution in [0.1, 0.15) is 42.5 Å². The minimum atomic E-state index is -3.56. The minimum absolute atomic E-state index is 0.0489. The van der Waals surface area contributed by atoms with Gasteiger partial charge < -0.3 is 9.80 Å². The Hall–Kier alpha value is -1.44. The number of rotatable bonds is 5. The Labute approximate surface area is 155 Å². The second-order valence-corrected chi connectivity index (χ2v) is 9.48. The van der Waals surface area contributed by atoms with Gasteiger partial charge in [-0.3, -0.25) is 4.79 Å². The van der Waals surface area contributed by atoms with Gasteiger partial charge in [0.05, 0.1) is 4.90 Å². The summed E-state index contributed by atoms with van der Waals surface area (Å²) < 4.78 is 28.1. The molecule has 0 bridgehead atoms. The van der Waals surface area contributed by atoms with E-state index in [4.69, 9.17) is 0 Å². The highest BCUT2D eigenvalue weighted by Crippen LogP contribution is 2.28. The number of likely N-dealkylation sites (tertiary alicyclic amines) is 2. The highest BCUT2D eigenvalue weighted by atomic mass is 32.2. The van der Waals surface area contributed by atoms with Crippen molar-refractivity contribution in [2.24, 2.45) is 0 Å². The van der Waals surface area contributed by atoms with Gasteiger partial charge in [-0.05, 0) is 63.4 Å². The fourth-order valence-corrected chi connectivity index (χ4v) is 5.93. The number of sulfonamides is 1. The maximum atomic E-state index is 13.2. The first-order valence-electron chi connectivity index (χ1n) is 9.69. The second kappa shape index (κ2) is 7.29. The fraction of sp³-hybridized carbons (Fsp3) is 0.632. The van der Waals surface area contributed by atoms with E-state index in [1.165, 1.54) is 12.8 Å². The highest BCUT2D eigenvalue weighted by molar-refractivity contribution is 7.89. The van der Waals surface area contributed by atoms with Gasteiger partial charge in [-0.15, -0.1) is 0 Å². The summed E-state index contributed by atoms with van der Waals surface area (Å²) in [5.41, 5.74) is 0.473. The average Bonchev–Trinajstić information content (AvgIpc) is 3.26. The zero-order valence-electron chi connectivity index (χ0n) is 15.1. The van der Waals surface area contributed by atoms with Crippen LogP contribution in [-0.4, -0.2) is 73.7 Å². The molecule has 0 aromatic heterocycles. The molecule has 3 aliphatic rings. The van der Waals surface area contributed by atoms with Crippen LogP contribution in [0.15, 0.2) is 29.2 Å². The van der Waals surface area contributed by atoms with Crippen LogP contribution >= 0.6 is 0 Å². The zero-order chi connectivity index (χ0) is 18.1. The number of hydrogen-bond acceptors (Lipinski definition) is 4. The summed E-state index contributed by atoms with van der Waals surface area (Å²) in [7, 11) is -3.56. The number of benzene rings is 1. The quantitative estimate of drug-likeness (QED) is 0.785. The number of carbonyl (C=O) groups excluding carboxylic acids is 1. The molecule has 6 nitrogen and oxygen atoms in total. The van der Waals surface area contributed by atoms with Crippen molar-refractivity contribution >= 4 is 15.9 Å². The summed E-state index contributed by atoms with van der Waals surface area (Å²) in [4.78, 5) is 16.8. The van der Waals surface area contributed by atoms with Gasteiger partial charge in [0.25, 0.3) is 5.91 Å². The molecule has 0 N–H and O–H groups in total. The molecular weight excluding hydrogens is 350 g/mol. The third kappa shape index (κ3) is 3.40. The molecule has 7 heteroatoms. The maximum Gasteiger partial charge on any atom is 0.253 e. The van der Waals surface area contributed by atoms with Crippen molar-refractivity contribution in [3.05, 3.63) is 29.8 Å². The third-order valence-corrected chi connectivity index (χ3v) is 7.77. The molecule has 142 valence electrons. The van der Waals surface area contributed by atoms with E-state index in [1.807, 2.05) is 0 Å². The van der Waals surface area contributed by atoms with Crippen molar-refractivity contribution in [3.8, 4) is 0 Å². The van der Waals surface area contributed by atoms with Crippen LogP contribution in [0.5, 0.6) is 0 Å². The standard InChI is InChI=1S/C19H27N3O3S/c23-19(21-11-5-12-21)16-6-3-8-18(14-16)26(24,25)22-13-4-7-17(22)15-20-9-1-2-10-20/h3,6,8,14,17H,1-2,4-5,7,9-13,15H2. The van der Waals surface area contributed by atoms with Crippen molar-refractivity contribution in [1.82, 2.24) is 14.1 Å². The van der Waals surface area contributed by atoms with E-state index in [-0.39, 0.29) is 16.8 Å². The molecule has 1 atom stereocenters. The molecule has 3 saturated heterocycles. The molecule has 0 radical (unpaired) electrons. The molecular formula is C19H27N3O3S. The molecule has 0 spiro atoms. The topological polar surface area (TPSA) is 60.9 Å². The van der Waals surface area contributed by atoms with Gasteiger partial charge in [-0.1, -0.05) is 6.07 Å². The Morgan fingerprint density at radius 3 is 2.46 bits per heavy atom. The van der Waals surface area contributed by atoms with Crippen LogP contribution in [0.3, 0.4) is 0 Å². The summed E-state index contributed by atoms with van der Waals surface area (Å²) >= 11 is 0. The van der Waals surface area contributed by atoms with Crippen molar-refractivity contribution in [1.29, 1.82) is 0 Å². The largest absolute Gasteiger partial charge is 0.339 e. The summed E-state index contributed by atoms with van der Waals surface area (Å²) in [5.74, 6) is -0.0664. The van der Waals surface area contributed by atoms with Crippen molar-refractivity contribution < 1.29 is 13.2 Å². The fourth-order valence-electron chi connectivity index (χ4n) is 4.20. The van der Waals surface area contributed by atoms with E-state index in [1.54, 1.807) is 33.5 Å². The molecule has 0 aliphatic carbocycles. The highest BCUT2D eigenvalue weighted by Gasteiger charge is 2.36. The lowest BCUT2D eigenvalue weighted by Crippen LogP contribution is -2.43. The first kappa shape index (κ1) is 17.9. The third-order valence-electron chi connectivity index (χ3n) is 5.82. The van der Waals surface area contributed by atoms with E-state index in [9.17, 15) is 13.2 Å². The Morgan fingerprint density at radius 1 is 1.00 bits per heavy atom. The average molecular weight is 378 g/mol. The van der Waals surface area contributed by atoms with E-state index in [2.05, 4.69) is 4.90 Å². The number of nitrogens with zero attached hydrogens (tertiary/aromatic N) is 3. The Bertz CT molecular complexity index is 770. The van der Waals surface area contributed by atoms with E-state index in [0.29, 0.717) is 12.1 Å². The molecule has 1 aromatic carbocycles. The summed E-state index contributed by atoms with van der Waals surface area (Å²) in [6, 6.07) is 6.62. The second-order valence-electron chi connectivity index (χ2n) is 7.59. The number of carbonyl (C=O) groups is 1. The van der Waals surface area contributed by atoms with E-state index < -0.39 is 10.0 Å². The smallest absolute Gasteiger partial charge is 0.253 e. The molecule has 26 heavy (non-hydrogen) atoms. The van der Waals surface area contributed by atoms with Crippen LogP contribution in [-0.2, 0) is 10.0 Å². The van der Waals surface area contributed by atoms with Crippen LogP contribution in [0.2, 0.25) is 0 Å². The Morgan fingerprint density at radius 2 is 1.77 bits per heavy atom. The monoisotopic (exact) mass is 377 g/mol. The summed E-state index contributed by atoms with van der Waals surface area (Å²) in [6.45, 7) is 5.07. The van der Waals surface area contributed by atoms with Crippen molar-refractivity contribution in [2.45, 2.75) is 43.0 Å². The molecule has 0 saturated carbocycles. The molecule has 1 unspecified atom stereocenters. The number of hydrogen-bond donors (Lipinski definition) is 0. The summed E-state index contributed by atoms with van der Waals surface area (Å²) in [5, 5.41) is 0. The van der Waals surface area contributed by atoms with Gasteiger partial charge in [0, 0.05) is 37.8 Å². The normalized spacial score (nSPS) is 24.8. The molecule has 4 rings (SSSR count). The molecule has 1 aromatic rings.